The lowest BCUT2D eigenvalue weighted by atomic mass is 10.1. The van der Waals surface area contributed by atoms with Crippen molar-refractivity contribution in [3.8, 4) is 0 Å². The van der Waals surface area contributed by atoms with Gasteiger partial charge in [0.1, 0.15) is 9.84 Å². The summed E-state index contributed by atoms with van der Waals surface area (Å²) in [6.45, 7) is 5.81. The highest BCUT2D eigenvalue weighted by molar-refractivity contribution is 7.90. The first kappa shape index (κ1) is 17.1. The van der Waals surface area contributed by atoms with Gasteiger partial charge in [-0.3, -0.25) is 9.69 Å². The average Bonchev–Trinajstić information content (AvgIpc) is 2.83. The molecule has 0 aromatic carbocycles. The zero-order chi connectivity index (χ0) is 15.5. The Kier molecular flexibility index (Phi) is 5.70. The summed E-state index contributed by atoms with van der Waals surface area (Å²) in [5, 5.41) is 2.57. The van der Waals surface area contributed by atoms with E-state index in [4.69, 9.17) is 0 Å². The smallest absolute Gasteiger partial charge is 0.232 e. The lowest BCUT2D eigenvalue weighted by Gasteiger charge is -2.18. The van der Waals surface area contributed by atoms with E-state index in [1.807, 2.05) is 5.38 Å². The van der Waals surface area contributed by atoms with Crippen LogP contribution in [0.4, 0.5) is 5.13 Å². The van der Waals surface area contributed by atoms with Gasteiger partial charge in [-0.1, -0.05) is 20.8 Å². The van der Waals surface area contributed by atoms with Crippen LogP contribution >= 0.6 is 11.3 Å². The molecule has 7 heteroatoms. The van der Waals surface area contributed by atoms with Crippen LogP contribution in [0.3, 0.4) is 0 Å². The second kappa shape index (κ2) is 6.67. The maximum atomic E-state index is 12.2. The molecule has 20 heavy (non-hydrogen) atoms. The standard InChI is InChI=1S/C13H22N2O3S2/c1-6-9(2)11-7-19-13(14-11)15(4)12(16)10(3)8-20(5,17)18/h7,9-10H,6,8H2,1-5H3. The Morgan fingerprint density at radius 1 is 1.45 bits per heavy atom. The molecule has 0 bridgehead atoms. The van der Waals surface area contributed by atoms with Gasteiger partial charge in [0.15, 0.2) is 5.13 Å². The predicted octanol–water partition coefficient (Wildman–Crippen LogP) is 2.30. The van der Waals surface area contributed by atoms with Gasteiger partial charge in [0.25, 0.3) is 0 Å². The molecule has 1 rings (SSSR count). The highest BCUT2D eigenvalue weighted by Crippen LogP contribution is 2.26. The summed E-state index contributed by atoms with van der Waals surface area (Å²) in [5.74, 6) is -0.567. The van der Waals surface area contributed by atoms with Gasteiger partial charge in [0.2, 0.25) is 5.91 Å². The molecule has 1 aromatic heterocycles. The number of amides is 1. The van der Waals surface area contributed by atoms with Gasteiger partial charge >= 0.3 is 0 Å². The minimum Gasteiger partial charge on any atom is -0.291 e. The fourth-order valence-electron chi connectivity index (χ4n) is 1.82. The van der Waals surface area contributed by atoms with E-state index in [0.717, 1.165) is 18.4 Å². The molecule has 0 radical (unpaired) electrons. The zero-order valence-corrected chi connectivity index (χ0v) is 14.2. The van der Waals surface area contributed by atoms with Gasteiger partial charge in [-0.2, -0.15) is 0 Å². The molecule has 0 saturated heterocycles. The second-order valence-electron chi connectivity index (χ2n) is 5.25. The molecule has 0 aliphatic heterocycles. The van der Waals surface area contributed by atoms with Crippen molar-refractivity contribution in [2.45, 2.75) is 33.1 Å². The molecule has 1 amide bonds. The summed E-state index contributed by atoms with van der Waals surface area (Å²) in [4.78, 5) is 18.1. The third-order valence-corrected chi connectivity index (χ3v) is 5.26. The summed E-state index contributed by atoms with van der Waals surface area (Å²) < 4.78 is 22.5. The topological polar surface area (TPSA) is 67.3 Å². The molecule has 114 valence electrons. The third-order valence-electron chi connectivity index (χ3n) is 3.22. The van der Waals surface area contributed by atoms with Gasteiger partial charge in [-0.05, 0) is 12.3 Å². The van der Waals surface area contributed by atoms with Crippen molar-refractivity contribution in [2.75, 3.05) is 24.0 Å². The van der Waals surface area contributed by atoms with E-state index in [-0.39, 0.29) is 11.7 Å². The minimum atomic E-state index is -3.16. The normalized spacial score (nSPS) is 14.8. The second-order valence-corrected chi connectivity index (χ2v) is 8.28. The average molecular weight is 318 g/mol. The monoisotopic (exact) mass is 318 g/mol. The maximum Gasteiger partial charge on any atom is 0.232 e. The van der Waals surface area contributed by atoms with Crippen LogP contribution in [0.1, 0.15) is 38.8 Å². The Hall–Kier alpha value is -0.950. The molecule has 0 N–H and O–H groups in total. The van der Waals surface area contributed by atoms with Crippen molar-refractivity contribution in [1.29, 1.82) is 0 Å². The Morgan fingerprint density at radius 3 is 2.55 bits per heavy atom. The molecular weight excluding hydrogens is 296 g/mol. The molecule has 0 saturated carbocycles. The van der Waals surface area contributed by atoms with Crippen LogP contribution in [0.25, 0.3) is 0 Å². The predicted molar refractivity (Wildman–Crippen MR) is 83.1 cm³/mol. The zero-order valence-electron chi connectivity index (χ0n) is 12.6. The first-order valence-corrected chi connectivity index (χ1v) is 9.50. The van der Waals surface area contributed by atoms with Crippen LogP contribution < -0.4 is 4.90 Å². The molecule has 1 heterocycles. The van der Waals surface area contributed by atoms with Crippen molar-refractivity contribution in [3.05, 3.63) is 11.1 Å². The van der Waals surface area contributed by atoms with Crippen molar-refractivity contribution in [2.24, 2.45) is 5.92 Å². The molecule has 0 fully saturated rings. The Balaban J connectivity index is 2.81. The minimum absolute atomic E-state index is 0.139. The maximum absolute atomic E-state index is 12.2. The summed E-state index contributed by atoms with van der Waals surface area (Å²) >= 11 is 1.41. The number of thiazole rings is 1. The molecule has 5 nitrogen and oxygen atoms in total. The van der Waals surface area contributed by atoms with Crippen LogP contribution in [0.15, 0.2) is 5.38 Å². The van der Waals surface area contributed by atoms with E-state index in [9.17, 15) is 13.2 Å². The first-order chi connectivity index (χ1) is 9.15. The SMILES string of the molecule is CCC(C)c1csc(N(C)C(=O)C(C)CS(C)(=O)=O)n1. The van der Waals surface area contributed by atoms with Gasteiger partial charge in [0.05, 0.1) is 11.4 Å². The molecule has 1 aromatic rings. The Morgan fingerprint density at radius 2 is 2.05 bits per heavy atom. The van der Waals surface area contributed by atoms with E-state index in [1.54, 1.807) is 14.0 Å². The van der Waals surface area contributed by atoms with Crippen LogP contribution in [0.5, 0.6) is 0 Å². The molecule has 2 atom stereocenters. The van der Waals surface area contributed by atoms with Gasteiger partial charge < -0.3 is 0 Å². The molecular formula is C13H22N2O3S2. The summed E-state index contributed by atoms with van der Waals surface area (Å²) in [7, 11) is -1.52. The number of carbonyl (C=O) groups excluding carboxylic acids is 1. The van der Waals surface area contributed by atoms with Crippen LogP contribution in [-0.4, -0.2) is 38.4 Å². The number of nitrogens with zero attached hydrogens (tertiary/aromatic N) is 2. The summed E-state index contributed by atoms with van der Waals surface area (Å²) in [6.07, 6.45) is 2.13. The highest BCUT2D eigenvalue weighted by atomic mass is 32.2. The number of sulfone groups is 1. The largest absolute Gasteiger partial charge is 0.291 e. The lowest BCUT2D eigenvalue weighted by Crippen LogP contribution is -2.34. The van der Waals surface area contributed by atoms with Crippen LogP contribution in [0.2, 0.25) is 0 Å². The van der Waals surface area contributed by atoms with E-state index < -0.39 is 15.8 Å². The Labute approximate surface area is 124 Å². The van der Waals surface area contributed by atoms with Crippen molar-refractivity contribution >= 4 is 32.2 Å². The van der Waals surface area contributed by atoms with E-state index in [2.05, 4.69) is 18.8 Å². The number of aromatic nitrogens is 1. The van der Waals surface area contributed by atoms with Crippen molar-refractivity contribution < 1.29 is 13.2 Å². The highest BCUT2D eigenvalue weighted by Gasteiger charge is 2.24. The molecule has 0 aliphatic carbocycles. The summed E-state index contributed by atoms with van der Waals surface area (Å²) in [5.41, 5.74) is 0.975. The number of hydrogen-bond acceptors (Lipinski definition) is 5. The number of anilines is 1. The van der Waals surface area contributed by atoms with Gasteiger partial charge in [0, 0.05) is 24.6 Å². The van der Waals surface area contributed by atoms with Gasteiger partial charge in [-0.15, -0.1) is 11.3 Å². The van der Waals surface area contributed by atoms with Crippen molar-refractivity contribution in [1.82, 2.24) is 4.98 Å². The molecule has 0 spiro atoms. The van der Waals surface area contributed by atoms with Crippen LogP contribution in [0, 0.1) is 5.92 Å². The Bertz CT molecular complexity index is 566. The number of hydrogen-bond donors (Lipinski definition) is 0. The number of carbonyl (C=O) groups is 1. The summed E-state index contributed by atoms with van der Waals surface area (Å²) in [6, 6.07) is 0. The van der Waals surface area contributed by atoms with Crippen LogP contribution in [-0.2, 0) is 14.6 Å². The third kappa shape index (κ3) is 4.56. The quantitative estimate of drug-likeness (QED) is 0.807. The van der Waals surface area contributed by atoms with E-state index in [1.165, 1.54) is 16.2 Å². The molecule has 0 aliphatic rings. The van der Waals surface area contributed by atoms with Crippen molar-refractivity contribution in [3.63, 3.8) is 0 Å². The fraction of sp³-hybridized carbons (Fsp3) is 0.692. The van der Waals surface area contributed by atoms with E-state index >= 15 is 0 Å². The molecule has 2 unspecified atom stereocenters. The lowest BCUT2D eigenvalue weighted by molar-refractivity contribution is -0.121. The fourth-order valence-corrected chi connectivity index (χ4v) is 3.78. The first-order valence-electron chi connectivity index (χ1n) is 6.56. The number of rotatable bonds is 6. The van der Waals surface area contributed by atoms with Gasteiger partial charge in [-0.25, -0.2) is 13.4 Å². The van der Waals surface area contributed by atoms with E-state index in [0.29, 0.717) is 11.0 Å².